The molecule has 0 saturated heterocycles. The highest BCUT2D eigenvalue weighted by atomic mass is 16.3. The Labute approximate surface area is 425 Å². The van der Waals surface area contributed by atoms with Crippen molar-refractivity contribution in [2.75, 3.05) is 6.61 Å². The summed E-state index contributed by atoms with van der Waals surface area (Å²) < 4.78 is 0. The number of carbonyl (C=O) groups is 1. The summed E-state index contributed by atoms with van der Waals surface area (Å²) in [5.74, 6) is -0.586. The molecule has 0 fully saturated rings. The molecule has 0 radical (unpaired) electrons. The van der Waals surface area contributed by atoms with Crippen molar-refractivity contribution in [3.8, 4) is 0 Å². The van der Waals surface area contributed by atoms with Crippen molar-refractivity contribution in [1.82, 2.24) is 5.32 Å². The van der Waals surface area contributed by atoms with E-state index in [9.17, 15) is 25.2 Å². The maximum Gasteiger partial charge on any atom is 0.249 e. The Morgan fingerprint density at radius 3 is 0.882 bits per heavy atom. The number of unbranched alkanes of at least 4 members (excludes halogenated alkanes) is 47. The standard InChI is InChI=1S/C62H123NO5/c1-3-5-7-9-11-13-15-17-19-21-23-25-26-27-28-29-30-31-32-33-34-36-37-39-41-43-45-47-49-51-53-55-59(65)61(67)58(57-64)63-62(68)60(66)56-54-52-50-48-46-44-42-40-38-35-24-22-20-18-16-14-12-10-8-6-4-2/h47,49,58-61,64-67H,3-46,48,50-57H2,1-2H3,(H,63,68)/b49-47+. The van der Waals surface area contributed by atoms with Gasteiger partial charge >= 0.3 is 0 Å². The molecule has 6 heteroatoms. The predicted molar refractivity (Wildman–Crippen MR) is 298 cm³/mol. The fraction of sp³-hybridized carbons (Fsp3) is 0.952. The van der Waals surface area contributed by atoms with Gasteiger partial charge in [0.1, 0.15) is 12.2 Å². The first-order valence-corrected chi connectivity index (χ1v) is 31.1. The lowest BCUT2D eigenvalue weighted by Gasteiger charge is -2.27. The van der Waals surface area contributed by atoms with Crippen LogP contribution in [0.25, 0.3) is 0 Å². The molecular formula is C62H123NO5. The van der Waals surface area contributed by atoms with Crippen molar-refractivity contribution >= 4 is 5.91 Å². The van der Waals surface area contributed by atoms with Crippen molar-refractivity contribution in [2.45, 2.75) is 372 Å². The summed E-state index contributed by atoms with van der Waals surface area (Å²) in [5, 5.41) is 44.1. The predicted octanol–water partition coefficient (Wildman–Crippen LogP) is 18.4. The Balaban J connectivity index is 3.58. The lowest BCUT2D eigenvalue weighted by Crippen LogP contribution is -2.53. The number of rotatable bonds is 58. The van der Waals surface area contributed by atoms with Crippen molar-refractivity contribution < 1.29 is 25.2 Å². The summed E-state index contributed by atoms with van der Waals surface area (Å²) in [7, 11) is 0. The van der Waals surface area contributed by atoms with Crippen molar-refractivity contribution in [2.24, 2.45) is 0 Å². The van der Waals surface area contributed by atoms with Crippen LogP contribution in [0.3, 0.4) is 0 Å². The number of nitrogens with one attached hydrogen (secondary N) is 1. The number of aliphatic hydroxyl groups excluding tert-OH is 4. The highest BCUT2D eigenvalue weighted by Gasteiger charge is 2.28. The van der Waals surface area contributed by atoms with Crippen LogP contribution in [0, 0.1) is 0 Å². The molecule has 6 nitrogen and oxygen atoms in total. The fourth-order valence-electron chi connectivity index (χ4n) is 10.1. The van der Waals surface area contributed by atoms with E-state index in [0.29, 0.717) is 12.8 Å². The smallest absolute Gasteiger partial charge is 0.249 e. The van der Waals surface area contributed by atoms with Crippen LogP contribution in [0.1, 0.15) is 348 Å². The molecule has 406 valence electrons. The third-order valence-corrected chi connectivity index (χ3v) is 15.0. The molecule has 4 unspecified atom stereocenters. The van der Waals surface area contributed by atoms with Crippen LogP contribution in [0.2, 0.25) is 0 Å². The number of amides is 1. The number of allylic oxidation sites excluding steroid dienone is 2. The van der Waals surface area contributed by atoms with Gasteiger partial charge in [-0.3, -0.25) is 4.79 Å². The van der Waals surface area contributed by atoms with Crippen LogP contribution < -0.4 is 5.32 Å². The summed E-state index contributed by atoms with van der Waals surface area (Å²) in [6, 6.07) is -0.999. The highest BCUT2D eigenvalue weighted by molar-refractivity contribution is 5.80. The van der Waals surface area contributed by atoms with Crippen LogP contribution in [0.5, 0.6) is 0 Å². The normalized spacial score (nSPS) is 13.7. The second-order valence-electron chi connectivity index (χ2n) is 21.8. The molecule has 0 rings (SSSR count). The van der Waals surface area contributed by atoms with Crippen LogP contribution >= 0.6 is 0 Å². The summed E-state index contributed by atoms with van der Waals surface area (Å²) >= 11 is 0. The van der Waals surface area contributed by atoms with Crippen molar-refractivity contribution in [3.05, 3.63) is 12.2 Å². The van der Waals surface area contributed by atoms with Gasteiger partial charge in [-0.15, -0.1) is 0 Å². The molecule has 0 aliphatic heterocycles. The van der Waals surface area contributed by atoms with E-state index in [1.165, 1.54) is 283 Å². The summed E-state index contributed by atoms with van der Waals surface area (Å²) in [5.41, 5.74) is 0. The van der Waals surface area contributed by atoms with Crippen LogP contribution in [-0.2, 0) is 4.79 Å². The first-order valence-electron chi connectivity index (χ1n) is 31.1. The van der Waals surface area contributed by atoms with Gasteiger partial charge in [0.15, 0.2) is 0 Å². The van der Waals surface area contributed by atoms with Crippen LogP contribution in [0.15, 0.2) is 12.2 Å². The average Bonchev–Trinajstić information content (AvgIpc) is 3.34. The lowest BCUT2D eigenvalue weighted by molar-refractivity contribution is -0.132. The van der Waals surface area contributed by atoms with E-state index in [4.69, 9.17) is 0 Å². The molecule has 0 aromatic carbocycles. The van der Waals surface area contributed by atoms with Gasteiger partial charge < -0.3 is 25.7 Å². The molecule has 1 amide bonds. The number of carbonyl (C=O) groups excluding carboxylic acids is 1. The molecular weight excluding hydrogens is 839 g/mol. The molecule has 0 aliphatic carbocycles. The minimum absolute atomic E-state index is 0.369. The Morgan fingerprint density at radius 1 is 0.353 bits per heavy atom. The molecule has 0 aromatic heterocycles. The third kappa shape index (κ3) is 50.0. The molecule has 0 bridgehead atoms. The van der Waals surface area contributed by atoms with Crippen molar-refractivity contribution in [3.63, 3.8) is 0 Å². The van der Waals surface area contributed by atoms with Gasteiger partial charge in [0, 0.05) is 0 Å². The minimum Gasteiger partial charge on any atom is -0.394 e. The maximum absolute atomic E-state index is 12.6. The van der Waals surface area contributed by atoms with Crippen LogP contribution in [-0.4, -0.2) is 57.3 Å². The largest absolute Gasteiger partial charge is 0.394 e. The van der Waals surface area contributed by atoms with E-state index in [1.807, 2.05) is 0 Å². The molecule has 4 atom stereocenters. The summed E-state index contributed by atoms with van der Waals surface area (Å²) in [6.07, 6.45) is 68.8. The number of hydrogen-bond donors (Lipinski definition) is 5. The second-order valence-corrected chi connectivity index (χ2v) is 21.8. The highest BCUT2D eigenvalue weighted by Crippen LogP contribution is 2.19. The number of hydrogen-bond acceptors (Lipinski definition) is 5. The van der Waals surface area contributed by atoms with Gasteiger partial charge in [0.05, 0.1) is 18.8 Å². The minimum atomic E-state index is -1.28. The van der Waals surface area contributed by atoms with E-state index < -0.39 is 36.9 Å². The Hall–Kier alpha value is -0.950. The number of aliphatic hydroxyl groups is 4. The summed E-state index contributed by atoms with van der Waals surface area (Å²) in [6.45, 7) is 4.09. The van der Waals surface area contributed by atoms with E-state index in [2.05, 4.69) is 31.3 Å². The second kappa shape index (κ2) is 57.0. The van der Waals surface area contributed by atoms with Gasteiger partial charge in [0.25, 0.3) is 0 Å². The van der Waals surface area contributed by atoms with E-state index in [0.717, 1.165) is 38.5 Å². The average molecular weight is 963 g/mol. The first-order chi connectivity index (χ1) is 33.5. The molecule has 5 N–H and O–H groups in total. The molecule has 0 aliphatic rings. The molecule has 68 heavy (non-hydrogen) atoms. The zero-order valence-corrected chi connectivity index (χ0v) is 46.1. The van der Waals surface area contributed by atoms with E-state index in [-0.39, 0.29) is 0 Å². The lowest BCUT2D eigenvalue weighted by atomic mass is 10.00. The van der Waals surface area contributed by atoms with Crippen molar-refractivity contribution in [1.29, 1.82) is 0 Å². The maximum atomic E-state index is 12.6. The summed E-state index contributed by atoms with van der Waals surface area (Å²) in [4.78, 5) is 12.6. The third-order valence-electron chi connectivity index (χ3n) is 15.0. The van der Waals surface area contributed by atoms with Crippen LogP contribution in [0.4, 0.5) is 0 Å². The first kappa shape index (κ1) is 67.0. The molecule has 0 aromatic rings. The molecule has 0 spiro atoms. The zero-order valence-electron chi connectivity index (χ0n) is 46.1. The van der Waals surface area contributed by atoms with Gasteiger partial charge in [0.2, 0.25) is 5.91 Å². The molecule has 0 heterocycles. The Kier molecular flexibility index (Phi) is 56.2. The van der Waals surface area contributed by atoms with Gasteiger partial charge in [-0.25, -0.2) is 0 Å². The Morgan fingerprint density at radius 2 is 0.603 bits per heavy atom. The van der Waals surface area contributed by atoms with E-state index >= 15 is 0 Å². The monoisotopic (exact) mass is 962 g/mol. The SMILES string of the molecule is CCCCCCCCCCCCCCCCCCCCCCCCCCCC/C=C/CCCC(O)C(O)C(CO)NC(=O)C(O)CCCCCCCCCCCCCCCCCCCCCCC. The fourth-order valence-corrected chi connectivity index (χ4v) is 10.1. The molecule has 0 saturated carbocycles. The zero-order chi connectivity index (χ0) is 49.5. The van der Waals surface area contributed by atoms with E-state index in [1.54, 1.807) is 0 Å². The van der Waals surface area contributed by atoms with Gasteiger partial charge in [-0.2, -0.15) is 0 Å². The van der Waals surface area contributed by atoms with Gasteiger partial charge in [-0.05, 0) is 38.5 Å². The quantitative estimate of drug-likeness (QED) is 0.0308. The Bertz CT molecular complexity index is 990. The topological polar surface area (TPSA) is 110 Å². The van der Waals surface area contributed by atoms with Gasteiger partial charge in [-0.1, -0.05) is 321 Å².